The van der Waals surface area contributed by atoms with Gasteiger partial charge in [-0.25, -0.2) is 4.98 Å². The summed E-state index contributed by atoms with van der Waals surface area (Å²) < 4.78 is 1.71. The highest BCUT2D eigenvalue weighted by Crippen LogP contribution is 2.30. The molecule has 364 valence electrons. The number of carbonyl (C=O) groups excluding carboxylic acids is 4. The average Bonchev–Trinajstić information content (AvgIpc) is 4.18. The highest BCUT2D eigenvalue weighted by molar-refractivity contribution is 7.13. The first kappa shape index (κ1) is 50.4. The van der Waals surface area contributed by atoms with Crippen LogP contribution in [0.2, 0.25) is 5.02 Å². The molecule has 2 saturated heterocycles. The van der Waals surface area contributed by atoms with E-state index in [-0.39, 0.29) is 41.9 Å². The number of oxime groups is 1. The fourth-order valence-corrected chi connectivity index (χ4v) is 9.39. The van der Waals surface area contributed by atoms with E-state index >= 15 is 0 Å². The monoisotopic (exact) mass is 977 g/mol. The quantitative estimate of drug-likeness (QED) is 0.0494. The Morgan fingerprint density at radius 3 is 2.43 bits per heavy atom. The van der Waals surface area contributed by atoms with Crippen molar-refractivity contribution in [3.63, 3.8) is 0 Å². The number of piperazine rings is 1. The number of benzene rings is 2. The summed E-state index contributed by atoms with van der Waals surface area (Å²) in [5, 5.41) is 34.3. The summed E-state index contributed by atoms with van der Waals surface area (Å²) in [6.45, 7) is 16.6. The molecule has 0 spiro atoms. The molecule has 4 N–H and O–H groups in total. The molecule has 2 aliphatic heterocycles. The summed E-state index contributed by atoms with van der Waals surface area (Å²) in [5.41, 5.74) is 7.48. The highest BCUT2D eigenvalue weighted by atomic mass is 35.5. The maximum atomic E-state index is 14.2. The van der Waals surface area contributed by atoms with E-state index in [2.05, 4.69) is 51.2 Å². The summed E-state index contributed by atoms with van der Waals surface area (Å²) >= 11 is 7.77. The molecule has 20 heteroatoms. The molecule has 0 saturated carbocycles. The van der Waals surface area contributed by atoms with E-state index in [0.29, 0.717) is 86.4 Å². The molecular formula is C49H60ClN13O5S. The van der Waals surface area contributed by atoms with Crippen molar-refractivity contribution >= 4 is 52.3 Å². The minimum Gasteiger partial charge on any atom is -0.394 e. The number of nitrogens with one attached hydrogen (secondary N) is 4. The first-order chi connectivity index (χ1) is 33.1. The van der Waals surface area contributed by atoms with Crippen molar-refractivity contribution in [1.82, 2.24) is 55.6 Å². The number of aromatic nitrogens is 5. The average molecular weight is 979 g/mol. The third-order valence-electron chi connectivity index (χ3n) is 12.4. The van der Waals surface area contributed by atoms with Gasteiger partial charge in [0.05, 0.1) is 57.2 Å². The lowest BCUT2D eigenvalue weighted by molar-refractivity contribution is -0.144. The second-order valence-corrected chi connectivity index (χ2v) is 19.8. The second kappa shape index (κ2) is 22.8. The van der Waals surface area contributed by atoms with E-state index in [1.165, 1.54) is 0 Å². The van der Waals surface area contributed by atoms with E-state index in [1.807, 2.05) is 76.5 Å². The van der Waals surface area contributed by atoms with E-state index in [0.717, 1.165) is 40.4 Å². The van der Waals surface area contributed by atoms with E-state index in [9.17, 15) is 19.2 Å². The molecule has 0 aliphatic carbocycles. The summed E-state index contributed by atoms with van der Waals surface area (Å²) in [6.07, 6.45) is 3.07. The fraction of sp³-hybridized carbons (Fsp3) is 0.449. The number of aryl methyl sites for hydroxylation is 1. The molecule has 2 aromatic carbocycles. The number of carbonyl (C=O) groups is 4. The van der Waals surface area contributed by atoms with Gasteiger partial charge in [-0.15, -0.1) is 11.3 Å². The van der Waals surface area contributed by atoms with E-state index in [1.54, 1.807) is 58.3 Å². The van der Waals surface area contributed by atoms with Crippen LogP contribution in [-0.2, 0) is 25.8 Å². The smallest absolute Gasteiger partial charge is 0.271 e. The van der Waals surface area contributed by atoms with Crippen LogP contribution in [-0.4, -0.2) is 140 Å². The van der Waals surface area contributed by atoms with Gasteiger partial charge >= 0.3 is 0 Å². The number of nitrogens with zero attached hydrogens (tertiary/aromatic N) is 9. The second-order valence-electron chi connectivity index (χ2n) is 18.5. The molecule has 3 aromatic heterocycles. The van der Waals surface area contributed by atoms with E-state index in [4.69, 9.17) is 21.7 Å². The Balaban J connectivity index is 0.800. The predicted octanol–water partition coefficient (Wildman–Crippen LogP) is 5.42. The van der Waals surface area contributed by atoms with Crippen molar-refractivity contribution in [3.8, 4) is 27.8 Å². The molecule has 0 bridgehead atoms. The summed E-state index contributed by atoms with van der Waals surface area (Å²) in [6, 6.07) is 17.1. The number of hydrogen-bond acceptors (Lipinski definition) is 13. The van der Waals surface area contributed by atoms with Gasteiger partial charge in [-0.05, 0) is 74.4 Å². The number of amides is 4. The van der Waals surface area contributed by atoms with Gasteiger partial charge in [0.1, 0.15) is 30.5 Å². The number of rotatable bonds is 18. The molecular weight excluding hydrogens is 918 g/mol. The lowest BCUT2D eigenvalue weighted by Gasteiger charge is -2.37. The van der Waals surface area contributed by atoms with Crippen LogP contribution in [0.5, 0.6) is 0 Å². The van der Waals surface area contributed by atoms with Gasteiger partial charge in [-0.2, -0.15) is 15.5 Å². The summed E-state index contributed by atoms with van der Waals surface area (Å²) in [5.74, 6) is -1.02. The topological polar surface area (TPSA) is 219 Å². The molecule has 4 amide bonds. The van der Waals surface area contributed by atoms with Gasteiger partial charge in [-0.3, -0.25) is 38.8 Å². The molecule has 7 rings (SSSR count). The van der Waals surface area contributed by atoms with Gasteiger partial charge in [-0.1, -0.05) is 67.9 Å². The van der Waals surface area contributed by atoms with Gasteiger partial charge in [0.25, 0.3) is 5.91 Å². The minimum atomic E-state index is -0.802. The Kier molecular flexibility index (Phi) is 16.6. The number of aromatic amines is 1. The van der Waals surface area contributed by atoms with E-state index < -0.39 is 17.5 Å². The van der Waals surface area contributed by atoms with Gasteiger partial charge in [0.2, 0.25) is 17.7 Å². The largest absolute Gasteiger partial charge is 0.394 e. The molecule has 2 fully saturated rings. The number of hydrogen-bond donors (Lipinski definition) is 4. The Labute approximate surface area is 411 Å². The zero-order chi connectivity index (χ0) is 49.2. The van der Waals surface area contributed by atoms with Gasteiger partial charge in [0, 0.05) is 57.6 Å². The van der Waals surface area contributed by atoms with Crippen LogP contribution in [0, 0.1) is 23.7 Å². The van der Waals surface area contributed by atoms with Crippen LogP contribution in [0.4, 0.5) is 0 Å². The van der Waals surface area contributed by atoms with Crippen LogP contribution in [0.25, 0.3) is 21.7 Å². The zero-order valence-corrected chi connectivity index (χ0v) is 41.5. The van der Waals surface area contributed by atoms with Crippen molar-refractivity contribution in [2.45, 2.75) is 79.1 Å². The number of H-pyrrole nitrogens is 1. The number of nitriles is 1. The summed E-state index contributed by atoms with van der Waals surface area (Å²) in [4.78, 5) is 71.2. The molecule has 3 atom stereocenters. The van der Waals surface area contributed by atoms with Crippen molar-refractivity contribution in [3.05, 3.63) is 99.5 Å². The van der Waals surface area contributed by atoms with Gasteiger partial charge < -0.3 is 25.7 Å². The lowest BCUT2D eigenvalue weighted by atomic mass is 9.85. The molecule has 5 aromatic rings. The molecule has 2 aliphatic rings. The third kappa shape index (κ3) is 13.0. The van der Waals surface area contributed by atoms with Gasteiger partial charge in [0.15, 0.2) is 5.69 Å². The molecule has 0 radical (unpaired) electrons. The molecule has 18 nitrogen and oxygen atoms in total. The van der Waals surface area contributed by atoms with Crippen LogP contribution in [0.3, 0.4) is 0 Å². The van der Waals surface area contributed by atoms with Crippen LogP contribution in [0.15, 0.2) is 71.5 Å². The highest BCUT2D eigenvalue weighted by Gasteiger charge is 2.42. The van der Waals surface area contributed by atoms with Crippen molar-refractivity contribution in [2.24, 2.45) is 10.6 Å². The first-order valence-corrected chi connectivity index (χ1v) is 24.4. The summed E-state index contributed by atoms with van der Waals surface area (Å²) in [7, 11) is 0. The third-order valence-corrected chi connectivity index (χ3v) is 13.7. The maximum Gasteiger partial charge on any atom is 0.271 e. The SMILES string of the molecule is C/C(=N\OCCN1CCN(CC(=O)N[C@H](C(=O)N2CCC[C@H]2C(=O)N[C@@H](C)c2ccc(-c3scnc3C)cc2)C(C)(C)C)CC1)c1cc(C(=O)NCCn2ccc(-c3ccc(C#N)c(Cl)c3)n2)n[nH]1. The van der Waals surface area contributed by atoms with Crippen molar-refractivity contribution < 1.29 is 24.0 Å². The molecule has 69 heavy (non-hydrogen) atoms. The van der Waals surface area contributed by atoms with Crippen LogP contribution >= 0.6 is 22.9 Å². The Bertz CT molecular complexity index is 2670. The lowest BCUT2D eigenvalue weighted by Crippen LogP contribution is -2.59. The van der Waals surface area contributed by atoms with Crippen LogP contribution < -0.4 is 16.0 Å². The fourth-order valence-electron chi connectivity index (χ4n) is 8.36. The standard InChI is InChI=1S/C49H60ClN13O5S/c1-31(34-9-11-35(12-10-34)44-33(3)53-30-69-44)54-47(66)42-8-7-17-63(42)48(67)45(49(4,5)6)55-43(64)29-61-22-20-60(21-23-61)24-25-68-59-32(2)40-27-41(57-56-40)46(65)52-16-19-62-18-15-39(58-62)36-13-14-37(28-51)38(50)26-36/h9-15,18,26-27,30-31,42,45H,7-8,16-17,19-25,29H2,1-6H3,(H,52,65)(H,54,66)(H,55,64)(H,56,57)/b59-32+/t31-,42-,45+/m0/s1. The van der Waals surface area contributed by atoms with Crippen LogP contribution in [0.1, 0.15) is 86.5 Å². The normalized spacial score (nSPS) is 16.7. The molecule has 0 unspecified atom stereocenters. The minimum absolute atomic E-state index is 0.156. The maximum absolute atomic E-state index is 14.2. The number of halogens is 1. The zero-order valence-electron chi connectivity index (χ0n) is 39.9. The number of thiazole rings is 1. The molecule has 5 heterocycles. The Hall–Kier alpha value is -6.46. The Morgan fingerprint density at radius 2 is 1.74 bits per heavy atom. The van der Waals surface area contributed by atoms with Crippen molar-refractivity contribution in [2.75, 3.05) is 59.0 Å². The Morgan fingerprint density at radius 1 is 1.00 bits per heavy atom. The first-order valence-electron chi connectivity index (χ1n) is 23.2. The predicted molar refractivity (Wildman–Crippen MR) is 264 cm³/mol. The van der Waals surface area contributed by atoms with Crippen molar-refractivity contribution in [1.29, 1.82) is 5.26 Å². The number of likely N-dealkylation sites (tertiary alicyclic amines) is 1.